The van der Waals surface area contributed by atoms with Crippen LogP contribution in [0.1, 0.15) is 10.6 Å². The molecule has 1 aromatic carbocycles. The highest BCUT2D eigenvalue weighted by molar-refractivity contribution is 5.94. The molecule has 0 unspecified atom stereocenters. The minimum atomic E-state index is -0.135. The molecule has 26 heavy (non-hydrogen) atoms. The Balaban J connectivity index is 1.62. The number of imidazole rings is 1. The van der Waals surface area contributed by atoms with Crippen molar-refractivity contribution in [3.8, 4) is 0 Å². The number of rotatable bonds is 6. The first-order chi connectivity index (χ1) is 12.7. The maximum absolute atomic E-state index is 12.5. The summed E-state index contributed by atoms with van der Waals surface area (Å²) in [5, 5.41) is 8.61. The second kappa shape index (κ2) is 7.31. The third-order valence-electron chi connectivity index (χ3n) is 4.82. The Hall–Kier alpha value is -2.64. The number of furan rings is 1. The van der Waals surface area contributed by atoms with E-state index >= 15 is 0 Å². The Bertz CT molecular complexity index is 949. The highest BCUT2D eigenvalue weighted by Gasteiger charge is 2.17. The maximum atomic E-state index is 12.5. The van der Waals surface area contributed by atoms with Gasteiger partial charge in [0.2, 0.25) is 11.4 Å². The third kappa shape index (κ3) is 3.23. The van der Waals surface area contributed by atoms with E-state index in [4.69, 9.17) is 14.6 Å². The lowest BCUT2D eigenvalue weighted by atomic mass is 10.3. The van der Waals surface area contributed by atoms with E-state index in [1.54, 1.807) is 16.7 Å². The van der Waals surface area contributed by atoms with Crippen molar-refractivity contribution in [3.63, 3.8) is 0 Å². The number of carbonyl (C=O) groups is 1. The molecule has 1 N–H and O–H groups in total. The normalized spacial score (nSPS) is 15.5. The number of nitrogens with zero attached hydrogens (tertiary/aromatic N) is 3. The van der Waals surface area contributed by atoms with E-state index in [0.29, 0.717) is 17.9 Å². The van der Waals surface area contributed by atoms with Crippen LogP contribution in [0.2, 0.25) is 0 Å². The van der Waals surface area contributed by atoms with Crippen molar-refractivity contribution in [3.05, 3.63) is 54.0 Å². The lowest BCUT2D eigenvalue weighted by Crippen LogP contribution is -2.39. The molecule has 0 bridgehead atoms. The molecule has 0 spiro atoms. The van der Waals surface area contributed by atoms with Gasteiger partial charge in [-0.1, -0.05) is 12.1 Å². The molecule has 0 atom stereocenters. The van der Waals surface area contributed by atoms with Gasteiger partial charge in [0.25, 0.3) is 0 Å². The van der Waals surface area contributed by atoms with E-state index in [0.717, 1.165) is 43.9 Å². The van der Waals surface area contributed by atoms with Crippen LogP contribution in [0.15, 0.2) is 47.1 Å². The molecule has 136 valence electrons. The monoisotopic (exact) mass is 354 g/mol. The molecule has 3 aromatic rings. The van der Waals surface area contributed by atoms with Gasteiger partial charge in [0, 0.05) is 26.2 Å². The lowest BCUT2D eigenvalue weighted by Gasteiger charge is -2.26. The van der Waals surface area contributed by atoms with E-state index in [9.17, 15) is 4.79 Å². The summed E-state index contributed by atoms with van der Waals surface area (Å²) < 4.78 is 14.3. The van der Waals surface area contributed by atoms with Gasteiger partial charge in [-0.2, -0.15) is 0 Å². The zero-order valence-electron chi connectivity index (χ0n) is 14.6. The van der Waals surface area contributed by atoms with Gasteiger partial charge in [0.05, 0.1) is 37.1 Å². The van der Waals surface area contributed by atoms with Crippen LogP contribution in [0.25, 0.3) is 11.0 Å². The zero-order valence-corrected chi connectivity index (χ0v) is 14.6. The summed E-state index contributed by atoms with van der Waals surface area (Å²) in [4.78, 5) is 14.8. The van der Waals surface area contributed by atoms with Crippen LogP contribution >= 0.6 is 0 Å². The quantitative estimate of drug-likeness (QED) is 0.684. The van der Waals surface area contributed by atoms with Gasteiger partial charge in [-0.3, -0.25) is 15.1 Å². The van der Waals surface area contributed by atoms with Crippen LogP contribution < -0.4 is 5.62 Å². The van der Waals surface area contributed by atoms with Gasteiger partial charge >= 0.3 is 0 Å². The molecule has 7 nitrogen and oxygen atoms in total. The molecular weight excluding hydrogens is 332 g/mol. The van der Waals surface area contributed by atoms with Gasteiger partial charge in [-0.15, -0.1) is 0 Å². The number of aromatic nitrogens is 2. The van der Waals surface area contributed by atoms with Crippen LogP contribution in [0.3, 0.4) is 0 Å². The van der Waals surface area contributed by atoms with Crippen LogP contribution in [0, 0.1) is 5.41 Å². The summed E-state index contributed by atoms with van der Waals surface area (Å²) in [6, 6.07) is 11.2. The Morgan fingerprint density at radius 2 is 1.73 bits per heavy atom. The number of ketones is 1. The average molecular weight is 354 g/mol. The Morgan fingerprint density at radius 3 is 2.42 bits per heavy atom. The summed E-state index contributed by atoms with van der Waals surface area (Å²) in [5.74, 6) is 0.187. The predicted octanol–water partition coefficient (Wildman–Crippen LogP) is 1.73. The Morgan fingerprint density at radius 1 is 1.00 bits per heavy atom. The molecule has 0 radical (unpaired) electrons. The topological polar surface area (TPSA) is 76.4 Å². The van der Waals surface area contributed by atoms with Crippen LogP contribution in [-0.2, 0) is 17.8 Å². The van der Waals surface area contributed by atoms with Crippen LogP contribution in [0.4, 0.5) is 0 Å². The number of morpholine rings is 1. The minimum absolute atomic E-state index is 0.0947. The molecule has 2 aromatic heterocycles. The third-order valence-corrected chi connectivity index (χ3v) is 4.82. The number of benzene rings is 1. The summed E-state index contributed by atoms with van der Waals surface area (Å²) in [7, 11) is 0. The summed E-state index contributed by atoms with van der Waals surface area (Å²) in [6.07, 6.45) is 1.49. The van der Waals surface area contributed by atoms with E-state index in [-0.39, 0.29) is 12.3 Å². The fraction of sp³-hybridized carbons (Fsp3) is 0.368. The maximum Gasteiger partial charge on any atom is 0.217 e. The van der Waals surface area contributed by atoms with Crippen molar-refractivity contribution >= 4 is 16.8 Å². The molecular formula is C19H22N4O3. The largest absolute Gasteiger partial charge is 0.461 e. The highest BCUT2D eigenvalue weighted by Crippen LogP contribution is 2.14. The fourth-order valence-corrected chi connectivity index (χ4v) is 3.41. The number of nitrogens with one attached hydrogen (secondary N) is 1. The first-order valence-corrected chi connectivity index (χ1v) is 8.83. The van der Waals surface area contributed by atoms with Crippen molar-refractivity contribution in [2.75, 3.05) is 32.8 Å². The van der Waals surface area contributed by atoms with E-state index < -0.39 is 0 Å². The van der Waals surface area contributed by atoms with E-state index in [1.165, 1.54) is 6.26 Å². The second-order valence-electron chi connectivity index (χ2n) is 6.40. The molecule has 0 amide bonds. The lowest BCUT2D eigenvalue weighted by molar-refractivity contribution is 0.0363. The number of ether oxygens (including phenoxy) is 1. The van der Waals surface area contributed by atoms with Crippen molar-refractivity contribution in [1.82, 2.24) is 14.0 Å². The number of para-hydroxylation sites is 2. The standard InChI is InChI=1S/C19H22N4O3/c20-19-22(8-7-21-9-12-25-13-10-21)15-4-1-2-5-16(15)23(19)14-17(24)18-6-3-11-26-18/h1-6,11,20H,7-10,12-14H2. The van der Waals surface area contributed by atoms with Gasteiger partial charge in [0.1, 0.15) is 0 Å². The Labute approximate surface area is 150 Å². The van der Waals surface area contributed by atoms with Crippen LogP contribution in [0.5, 0.6) is 0 Å². The zero-order chi connectivity index (χ0) is 17.9. The SMILES string of the molecule is N=c1n(CCN2CCOCC2)c2ccccc2n1CC(=O)c1ccco1. The molecule has 1 saturated heterocycles. The van der Waals surface area contributed by atoms with E-state index in [1.807, 2.05) is 28.8 Å². The molecule has 3 heterocycles. The number of fused-ring (bicyclic) bond motifs is 1. The van der Waals surface area contributed by atoms with Gasteiger partial charge < -0.3 is 18.3 Å². The molecule has 0 aliphatic carbocycles. The van der Waals surface area contributed by atoms with Crippen molar-refractivity contribution in [2.24, 2.45) is 0 Å². The molecule has 1 aliphatic rings. The van der Waals surface area contributed by atoms with Crippen molar-refractivity contribution in [1.29, 1.82) is 5.41 Å². The molecule has 0 saturated carbocycles. The fourth-order valence-electron chi connectivity index (χ4n) is 3.41. The summed E-state index contributed by atoms with van der Waals surface area (Å²) in [5.41, 5.74) is 2.19. The summed E-state index contributed by atoms with van der Waals surface area (Å²) >= 11 is 0. The molecule has 4 rings (SSSR count). The molecule has 1 aliphatic heterocycles. The number of hydrogen-bond acceptors (Lipinski definition) is 5. The highest BCUT2D eigenvalue weighted by atomic mass is 16.5. The first-order valence-electron chi connectivity index (χ1n) is 8.83. The van der Waals surface area contributed by atoms with Gasteiger partial charge in [0.15, 0.2) is 5.76 Å². The number of carbonyl (C=O) groups excluding carboxylic acids is 1. The van der Waals surface area contributed by atoms with Crippen LogP contribution in [-0.4, -0.2) is 52.7 Å². The van der Waals surface area contributed by atoms with Gasteiger partial charge in [-0.25, -0.2) is 0 Å². The minimum Gasteiger partial charge on any atom is -0.461 e. The smallest absolute Gasteiger partial charge is 0.217 e. The van der Waals surface area contributed by atoms with Gasteiger partial charge in [-0.05, 0) is 24.3 Å². The molecule has 1 fully saturated rings. The summed E-state index contributed by atoms with van der Waals surface area (Å²) in [6.45, 7) is 5.03. The number of Topliss-reactive ketones (excluding diaryl/α,β-unsaturated/α-hetero) is 1. The van der Waals surface area contributed by atoms with E-state index in [2.05, 4.69) is 4.90 Å². The predicted molar refractivity (Wildman–Crippen MR) is 96.1 cm³/mol. The van der Waals surface area contributed by atoms with Crippen molar-refractivity contribution in [2.45, 2.75) is 13.1 Å². The number of hydrogen-bond donors (Lipinski definition) is 1. The second-order valence-corrected chi connectivity index (χ2v) is 6.40. The Kier molecular flexibility index (Phi) is 4.73. The van der Waals surface area contributed by atoms with Crippen molar-refractivity contribution < 1.29 is 13.9 Å². The first kappa shape index (κ1) is 16.8. The molecule has 7 heteroatoms. The average Bonchev–Trinajstić information content (AvgIpc) is 3.29.